The van der Waals surface area contributed by atoms with Crippen molar-refractivity contribution < 1.29 is 4.79 Å². The van der Waals surface area contributed by atoms with Crippen LogP contribution in [0, 0.1) is 0 Å². The Balaban J connectivity index is -0.0000000200. The zero-order valence-electron chi connectivity index (χ0n) is 2.80. The first kappa shape index (κ1) is 18.7. The normalized spacial score (nSPS) is 2.60. The van der Waals surface area contributed by atoms with E-state index in [0.29, 0.717) is 0 Å². The Morgan fingerprint density at radius 2 is 1.40 bits per heavy atom. The van der Waals surface area contributed by atoms with Crippen LogP contribution in [0.15, 0.2) is 0 Å². The molecule has 0 spiro atoms. The summed E-state index contributed by atoms with van der Waals surface area (Å²) in [5, 5.41) is 0. The van der Waals surface area contributed by atoms with Crippen LogP contribution in [0.25, 0.3) is 0 Å². The highest BCUT2D eigenvalue weighted by atomic mass is 35.5. The number of rotatable bonds is 0. The van der Waals surface area contributed by atoms with Crippen molar-refractivity contribution >= 4 is 31.1 Å². The molecule has 34 valence electrons. The second kappa shape index (κ2) is 28.7. The molecule has 1 nitrogen and oxygen atoms in total. The second-order valence-corrected chi connectivity index (χ2v) is 0.236. The molecule has 0 aromatic rings. The molecule has 0 amide bonds. The zero-order valence-corrected chi connectivity index (χ0v) is 4.44. The Morgan fingerprint density at radius 1 is 1.40 bits per heavy atom. The van der Waals surface area contributed by atoms with Crippen molar-refractivity contribution in [3.8, 4) is 0 Å². The molecule has 0 atom stereocenters. The molecule has 0 saturated carbocycles. The molecule has 0 saturated heterocycles. The maximum absolute atomic E-state index is 8.81. The Kier molecular flexibility index (Phi) is 108. The third kappa shape index (κ3) is 344. The minimum atomic E-state index is 0. The summed E-state index contributed by atoms with van der Waals surface area (Å²) in [7, 11) is 0. The minimum Gasteiger partial charge on any atom is -0.304 e. The summed E-state index contributed by atoms with van der Waals surface area (Å²) in [5.74, 6) is 0. The van der Waals surface area contributed by atoms with Crippen LogP contribution in [0.4, 0.5) is 0 Å². The molecule has 0 aromatic carbocycles. The van der Waals surface area contributed by atoms with Crippen molar-refractivity contribution in [3.05, 3.63) is 0 Å². The standard InChI is InChI=1S/C2H4O.2ClH/c1-2-3;;/h2H,1H3;2*1H. The number of aldehydes is 1. The molecule has 0 radical (unpaired) electrons. The first-order valence-electron chi connectivity index (χ1n) is 0.813. The molecule has 0 rings (SSSR count). The maximum atomic E-state index is 8.81. The Labute approximate surface area is 43.6 Å². The molecule has 5 heavy (non-hydrogen) atoms. The highest BCUT2D eigenvalue weighted by Crippen LogP contribution is 1.13. The van der Waals surface area contributed by atoms with E-state index in [2.05, 4.69) is 0 Å². The number of hydrogen-bond donors (Lipinski definition) is 0. The maximum Gasteiger partial charge on any atom is 0.116 e. The Bertz CT molecular complexity index is 15.1. The summed E-state index contributed by atoms with van der Waals surface area (Å²) in [6.07, 6.45) is 0.750. The largest absolute Gasteiger partial charge is 0.304 e. The van der Waals surface area contributed by atoms with E-state index in [9.17, 15) is 0 Å². The summed E-state index contributed by atoms with van der Waals surface area (Å²) >= 11 is 0. The molecule has 0 aliphatic rings. The summed E-state index contributed by atoms with van der Waals surface area (Å²) < 4.78 is 0. The van der Waals surface area contributed by atoms with Crippen LogP contribution >= 0.6 is 24.8 Å². The third-order valence-corrected chi connectivity index (χ3v) is 0. The van der Waals surface area contributed by atoms with Crippen molar-refractivity contribution in [2.75, 3.05) is 0 Å². The molecule has 3 heteroatoms. The molecular formula is C2H6Cl2O. The fourth-order valence-corrected chi connectivity index (χ4v) is 0. The van der Waals surface area contributed by atoms with Crippen molar-refractivity contribution in [1.82, 2.24) is 0 Å². The fourth-order valence-electron chi connectivity index (χ4n) is 0. The van der Waals surface area contributed by atoms with E-state index in [1.165, 1.54) is 6.92 Å². The smallest absolute Gasteiger partial charge is 0.116 e. The van der Waals surface area contributed by atoms with Gasteiger partial charge in [0.2, 0.25) is 0 Å². The zero-order chi connectivity index (χ0) is 2.71. The lowest BCUT2D eigenvalue weighted by Crippen LogP contribution is -1.36. The molecule has 0 aromatic heterocycles. The van der Waals surface area contributed by atoms with Crippen LogP contribution in [0.1, 0.15) is 6.92 Å². The van der Waals surface area contributed by atoms with Crippen LogP contribution in [0.3, 0.4) is 0 Å². The van der Waals surface area contributed by atoms with Gasteiger partial charge < -0.3 is 4.79 Å². The van der Waals surface area contributed by atoms with Gasteiger partial charge >= 0.3 is 0 Å². The third-order valence-electron chi connectivity index (χ3n) is 0. The van der Waals surface area contributed by atoms with E-state index in [-0.39, 0.29) is 24.8 Å². The number of hydrogen-bond acceptors (Lipinski definition) is 1. The lowest BCUT2D eigenvalue weighted by molar-refractivity contribution is -0.106. The van der Waals surface area contributed by atoms with Gasteiger partial charge in [-0.1, -0.05) is 0 Å². The monoisotopic (exact) mass is 116 g/mol. The SMILES string of the molecule is CC=O.Cl.Cl. The molecule has 0 heterocycles. The Hall–Kier alpha value is 0.250. The van der Waals surface area contributed by atoms with Crippen LogP contribution in [-0.2, 0) is 4.79 Å². The van der Waals surface area contributed by atoms with Gasteiger partial charge in [0.15, 0.2) is 0 Å². The van der Waals surface area contributed by atoms with E-state index in [1.54, 1.807) is 0 Å². The topological polar surface area (TPSA) is 17.1 Å². The lowest BCUT2D eigenvalue weighted by Gasteiger charge is -1.23. The molecule has 0 unspecified atom stereocenters. The highest BCUT2D eigenvalue weighted by molar-refractivity contribution is 5.85. The lowest BCUT2D eigenvalue weighted by atomic mass is 11.0. The van der Waals surface area contributed by atoms with Crippen molar-refractivity contribution in [1.29, 1.82) is 0 Å². The van der Waals surface area contributed by atoms with Gasteiger partial charge in [-0.2, -0.15) is 0 Å². The highest BCUT2D eigenvalue weighted by Gasteiger charge is 1.24. The van der Waals surface area contributed by atoms with E-state index < -0.39 is 0 Å². The molecule has 0 fully saturated rings. The van der Waals surface area contributed by atoms with Gasteiger partial charge in [0.1, 0.15) is 6.29 Å². The first-order chi connectivity index (χ1) is 1.41. The predicted octanol–water partition coefficient (Wildman–Crippen LogP) is 1.05. The van der Waals surface area contributed by atoms with Gasteiger partial charge in [-0.05, 0) is 6.92 Å². The van der Waals surface area contributed by atoms with Gasteiger partial charge in [-0.25, -0.2) is 0 Å². The summed E-state index contributed by atoms with van der Waals surface area (Å²) in [4.78, 5) is 8.81. The van der Waals surface area contributed by atoms with Gasteiger partial charge in [0.05, 0.1) is 0 Å². The molecule has 0 N–H and O–H groups in total. The number of carbonyl (C=O) groups is 1. The minimum absolute atomic E-state index is 0. The average Bonchev–Trinajstić information content (AvgIpc) is 0.918. The quantitative estimate of drug-likeness (QED) is 0.433. The molecule has 0 aliphatic carbocycles. The van der Waals surface area contributed by atoms with Gasteiger partial charge in [-0.15, -0.1) is 24.8 Å². The van der Waals surface area contributed by atoms with Crippen LogP contribution < -0.4 is 0 Å². The van der Waals surface area contributed by atoms with E-state index >= 15 is 0 Å². The predicted molar refractivity (Wildman–Crippen MR) is 26.2 cm³/mol. The van der Waals surface area contributed by atoms with Gasteiger partial charge in [0, 0.05) is 0 Å². The summed E-state index contributed by atoms with van der Waals surface area (Å²) in [5.41, 5.74) is 0. The fraction of sp³-hybridized carbons (Fsp3) is 0.500. The van der Waals surface area contributed by atoms with Crippen molar-refractivity contribution in [2.24, 2.45) is 0 Å². The van der Waals surface area contributed by atoms with Gasteiger partial charge in [0.25, 0.3) is 0 Å². The number of carbonyl (C=O) groups excluding carboxylic acids is 1. The van der Waals surface area contributed by atoms with Crippen molar-refractivity contribution in [3.63, 3.8) is 0 Å². The summed E-state index contributed by atoms with van der Waals surface area (Å²) in [6.45, 7) is 1.44. The van der Waals surface area contributed by atoms with E-state index in [1.807, 2.05) is 0 Å². The average molecular weight is 117 g/mol. The second-order valence-electron chi connectivity index (χ2n) is 0.236. The Morgan fingerprint density at radius 3 is 1.40 bits per heavy atom. The van der Waals surface area contributed by atoms with Crippen LogP contribution in [0.5, 0.6) is 0 Å². The first-order valence-corrected chi connectivity index (χ1v) is 0.813. The van der Waals surface area contributed by atoms with E-state index in [4.69, 9.17) is 4.79 Å². The number of halogens is 2. The molecule has 0 aliphatic heterocycles. The van der Waals surface area contributed by atoms with Crippen molar-refractivity contribution in [2.45, 2.75) is 6.92 Å². The molecular weight excluding hydrogens is 111 g/mol. The van der Waals surface area contributed by atoms with Crippen LogP contribution in [0.2, 0.25) is 0 Å². The van der Waals surface area contributed by atoms with E-state index in [0.717, 1.165) is 6.29 Å². The molecule has 0 bridgehead atoms. The van der Waals surface area contributed by atoms with Gasteiger partial charge in [-0.3, -0.25) is 0 Å². The van der Waals surface area contributed by atoms with Crippen LogP contribution in [-0.4, -0.2) is 6.29 Å². The summed E-state index contributed by atoms with van der Waals surface area (Å²) in [6, 6.07) is 0.